The maximum Gasteiger partial charge on any atom is 0.241 e. The van der Waals surface area contributed by atoms with E-state index in [-0.39, 0.29) is 12.5 Å². The first-order valence-electron chi connectivity index (χ1n) is 11.0. The smallest absolute Gasteiger partial charge is 0.241 e. The first kappa shape index (κ1) is 23.2. The molecule has 1 aliphatic heterocycles. The highest BCUT2D eigenvalue weighted by atomic mass is 32.2. The van der Waals surface area contributed by atoms with Crippen LogP contribution < -0.4 is 9.62 Å². The van der Waals surface area contributed by atoms with Gasteiger partial charge < -0.3 is 10.1 Å². The van der Waals surface area contributed by atoms with Crippen LogP contribution >= 0.6 is 0 Å². The first-order valence-corrected chi connectivity index (χ1v) is 12.8. The number of sulfonamides is 1. The van der Waals surface area contributed by atoms with Crippen LogP contribution in [0.3, 0.4) is 0 Å². The van der Waals surface area contributed by atoms with Gasteiger partial charge in [-0.05, 0) is 22.6 Å². The summed E-state index contributed by atoms with van der Waals surface area (Å²) in [4.78, 5) is 15.1. The van der Waals surface area contributed by atoms with Gasteiger partial charge >= 0.3 is 0 Å². The van der Waals surface area contributed by atoms with Gasteiger partial charge in [-0.15, -0.1) is 0 Å². The summed E-state index contributed by atoms with van der Waals surface area (Å²) in [5, 5.41) is 4.58. The molecule has 0 spiro atoms. The van der Waals surface area contributed by atoms with Gasteiger partial charge in [0.2, 0.25) is 15.9 Å². The van der Waals surface area contributed by atoms with E-state index in [1.54, 1.807) is 12.1 Å². The zero-order chi connectivity index (χ0) is 23.3. The van der Waals surface area contributed by atoms with Gasteiger partial charge in [-0.2, -0.15) is 0 Å². The second-order valence-corrected chi connectivity index (χ2v) is 10.2. The minimum absolute atomic E-state index is 0.277. The third kappa shape index (κ3) is 6.10. The Labute approximate surface area is 195 Å². The zero-order valence-corrected chi connectivity index (χ0v) is 19.6. The normalized spacial score (nSPS) is 14.8. The van der Waals surface area contributed by atoms with Crippen molar-refractivity contribution in [2.75, 3.05) is 43.4 Å². The number of morpholine rings is 1. The highest BCUT2D eigenvalue weighted by Crippen LogP contribution is 2.28. The summed E-state index contributed by atoms with van der Waals surface area (Å²) in [7, 11) is -3.65. The fourth-order valence-corrected chi connectivity index (χ4v) is 4.92. The van der Waals surface area contributed by atoms with E-state index >= 15 is 0 Å². The molecule has 3 aromatic carbocycles. The van der Waals surface area contributed by atoms with Crippen LogP contribution in [0.1, 0.15) is 11.1 Å². The molecule has 1 fully saturated rings. The number of amides is 1. The second kappa shape index (κ2) is 10.3. The van der Waals surface area contributed by atoms with Gasteiger partial charge in [0.15, 0.2) is 0 Å². The monoisotopic (exact) mass is 467 g/mol. The predicted molar refractivity (Wildman–Crippen MR) is 131 cm³/mol. The van der Waals surface area contributed by atoms with Crippen molar-refractivity contribution in [2.45, 2.75) is 13.1 Å². The lowest BCUT2D eigenvalue weighted by Gasteiger charge is -2.26. The lowest BCUT2D eigenvalue weighted by Crippen LogP contribution is -2.40. The molecule has 0 aromatic heterocycles. The Morgan fingerprint density at radius 3 is 2.48 bits per heavy atom. The summed E-state index contributed by atoms with van der Waals surface area (Å²) in [6.07, 6.45) is 1.12. The average molecular weight is 468 g/mol. The number of fused-ring (bicyclic) bond motifs is 1. The molecule has 1 N–H and O–H groups in total. The van der Waals surface area contributed by atoms with Crippen molar-refractivity contribution in [3.05, 3.63) is 77.9 Å². The van der Waals surface area contributed by atoms with Gasteiger partial charge in [-0.3, -0.25) is 14.0 Å². The number of nitrogens with one attached hydrogen (secondary N) is 1. The zero-order valence-electron chi connectivity index (χ0n) is 18.7. The van der Waals surface area contributed by atoms with Gasteiger partial charge in [0.25, 0.3) is 0 Å². The summed E-state index contributed by atoms with van der Waals surface area (Å²) in [5.74, 6) is -0.355. The molecule has 0 radical (unpaired) electrons. The van der Waals surface area contributed by atoms with Crippen molar-refractivity contribution in [1.29, 1.82) is 0 Å². The molecule has 0 aliphatic carbocycles. The summed E-state index contributed by atoms with van der Waals surface area (Å²) < 4.78 is 31.7. The fourth-order valence-electron chi connectivity index (χ4n) is 4.05. The predicted octanol–water partition coefficient (Wildman–Crippen LogP) is 2.75. The van der Waals surface area contributed by atoms with Crippen LogP contribution in [-0.2, 0) is 32.6 Å². The molecule has 3 aromatic rings. The van der Waals surface area contributed by atoms with E-state index in [0.29, 0.717) is 12.2 Å². The Morgan fingerprint density at radius 1 is 1.00 bits per heavy atom. The van der Waals surface area contributed by atoms with E-state index in [0.717, 1.165) is 55.4 Å². The van der Waals surface area contributed by atoms with Crippen LogP contribution in [0.25, 0.3) is 10.8 Å². The SMILES string of the molecule is CS(=O)(=O)N(CC(=O)NCc1cccc(CN2CCOCC2)c1)c1cccc2ccccc12. The minimum Gasteiger partial charge on any atom is -0.379 e. The molecule has 0 atom stereocenters. The lowest BCUT2D eigenvalue weighted by atomic mass is 10.1. The summed E-state index contributed by atoms with van der Waals surface area (Å²) in [5.41, 5.74) is 2.65. The minimum atomic E-state index is -3.65. The largest absolute Gasteiger partial charge is 0.379 e. The van der Waals surface area contributed by atoms with Crippen LogP contribution in [0, 0.1) is 0 Å². The highest BCUT2D eigenvalue weighted by molar-refractivity contribution is 7.92. The van der Waals surface area contributed by atoms with Crippen molar-refractivity contribution in [3.8, 4) is 0 Å². The van der Waals surface area contributed by atoms with Gasteiger partial charge in [-0.25, -0.2) is 8.42 Å². The van der Waals surface area contributed by atoms with Gasteiger partial charge in [0.1, 0.15) is 6.54 Å². The summed E-state index contributed by atoms with van der Waals surface area (Å²) in [6.45, 7) is 4.23. The third-order valence-corrected chi connectivity index (χ3v) is 6.84. The molecule has 1 heterocycles. The lowest BCUT2D eigenvalue weighted by molar-refractivity contribution is -0.119. The Balaban J connectivity index is 1.43. The standard InChI is InChI=1S/C25H29N3O4S/c1-33(30,31)28(24-11-5-9-22-8-2-3-10-23(22)24)19-25(29)26-17-20-6-4-7-21(16-20)18-27-12-14-32-15-13-27/h2-11,16H,12-15,17-19H2,1H3,(H,26,29). The highest BCUT2D eigenvalue weighted by Gasteiger charge is 2.22. The van der Waals surface area contributed by atoms with E-state index in [4.69, 9.17) is 4.74 Å². The Hall–Kier alpha value is -2.94. The van der Waals surface area contributed by atoms with Crippen LogP contribution in [0.15, 0.2) is 66.7 Å². The average Bonchev–Trinajstić information content (AvgIpc) is 2.81. The molecule has 7 nitrogen and oxygen atoms in total. The number of benzene rings is 3. The fraction of sp³-hybridized carbons (Fsp3) is 0.320. The van der Waals surface area contributed by atoms with Crippen LogP contribution in [-0.4, -0.2) is 58.3 Å². The second-order valence-electron chi connectivity index (χ2n) is 8.25. The van der Waals surface area contributed by atoms with Crippen molar-refractivity contribution < 1.29 is 17.9 Å². The molecule has 1 aliphatic rings. The van der Waals surface area contributed by atoms with E-state index in [1.165, 1.54) is 9.87 Å². The third-order valence-electron chi connectivity index (χ3n) is 5.71. The number of hydrogen-bond acceptors (Lipinski definition) is 5. The van der Waals surface area contributed by atoms with E-state index in [9.17, 15) is 13.2 Å². The number of carbonyl (C=O) groups excluding carboxylic acids is 1. The molecule has 174 valence electrons. The summed E-state index contributed by atoms with van der Waals surface area (Å²) >= 11 is 0. The molecule has 4 rings (SSSR count). The maximum absolute atomic E-state index is 12.7. The maximum atomic E-state index is 12.7. The quantitative estimate of drug-likeness (QED) is 0.551. The molecule has 0 unspecified atom stereocenters. The molecule has 0 bridgehead atoms. The van der Waals surface area contributed by atoms with Crippen LogP contribution in [0.2, 0.25) is 0 Å². The van der Waals surface area contributed by atoms with Crippen LogP contribution in [0.4, 0.5) is 5.69 Å². The molecular weight excluding hydrogens is 438 g/mol. The molecule has 33 heavy (non-hydrogen) atoms. The van der Waals surface area contributed by atoms with Crippen molar-refractivity contribution >= 4 is 32.4 Å². The van der Waals surface area contributed by atoms with Crippen LogP contribution in [0.5, 0.6) is 0 Å². The van der Waals surface area contributed by atoms with E-state index in [1.807, 2.05) is 42.5 Å². The number of anilines is 1. The van der Waals surface area contributed by atoms with Crippen molar-refractivity contribution in [3.63, 3.8) is 0 Å². The Kier molecular flexibility index (Phi) is 7.27. The topological polar surface area (TPSA) is 79.0 Å². The Morgan fingerprint density at radius 2 is 1.70 bits per heavy atom. The number of ether oxygens (including phenoxy) is 1. The van der Waals surface area contributed by atoms with E-state index in [2.05, 4.69) is 22.3 Å². The van der Waals surface area contributed by atoms with Gasteiger partial charge in [-0.1, -0.05) is 60.7 Å². The number of rotatable bonds is 8. The molecule has 0 saturated carbocycles. The van der Waals surface area contributed by atoms with Crippen molar-refractivity contribution in [1.82, 2.24) is 10.2 Å². The van der Waals surface area contributed by atoms with E-state index < -0.39 is 10.0 Å². The molecular formula is C25H29N3O4S. The Bertz CT molecular complexity index is 1220. The molecule has 1 amide bonds. The molecule has 8 heteroatoms. The number of hydrogen-bond donors (Lipinski definition) is 1. The van der Waals surface area contributed by atoms with Crippen molar-refractivity contribution in [2.24, 2.45) is 0 Å². The summed E-state index contributed by atoms with van der Waals surface area (Å²) in [6, 6.07) is 21.1. The number of carbonyl (C=O) groups is 1. The first-order chi connectivity index (χ1) is 15.9. The van der Waals surface area contributed by atoms with Gasteiger partial charge in [0, 0.05) is 31.6 Å². The molecule has 1 saturated heterocycles. The van der Waals surface area contributed by atoms with Gasteiger partial charge in [0.05, 0.1) is 25.2 Å². The number of nitrogens with zero attached hydrogens (tertiary/aromatic N) is 2.